The van der Waals surface area contributed by atoms with Crippen LogP contribution in [0.4, 0.5) is 0 Å². The minimum absolute atomic E-state index is 0.0575. The second-order valence-electron chi connectivity index (χ2n) is 4.76. The lowest BCUT2D eigenvalue weighted by Crippen LogP contribution is -2.43. The van der Waals surface area contributed by atoms with Crippen LogP contribution in [0.5, 0.6) is 0 Å². The Labute approximate surface area is 126 Å². The molecule has 0 saturated carbocycles. The third-order valence-electron chi connectivity index (χ3n) is 3.02. The van der Waals surface area contributed by atoms with Crippen molar-refractivity contribution in [1.82, 2.24) is 10.5 Å². The van der Waals surface area contributed by atoms with Crippen LogP contribution in [0.1, 0.15) is 16.1 Å². The summed E-state index contributed by atoms with van der Waals surface area (Å²) in [7, 11) is 1.35. The standard InChI is InChI=1S/C15H16N2O5/c1-9-3-5-10(6-4-9)11-7-13(22-17-11)14(18)16-12(8-21-2)15(19)20/h3-7,12H,8H2,1-2H3,(H,16,18)(H,19,20). The van der Waals surface area contributed by atoms with Gasteiger partial charge in [0.05, 0.1) is 6.61 Å². The van der Waals surface area contributed by atoms with Crippen LogP contribution >= 0.6 is 0 Å². The maximum absolute atomic E-state index is 12.0. The van der Waals surface area contributed by atoms with Gasteiger partial charge in [0.1, 0.15) is 5.69 Å². The highest BCUT2D eigenvalue weighted by Crippen LogP contribution is 2.19. The Bertz CT molecular complexity index is 663. The fourth-order valence-electron chi connectivity index (χ4n) is 1.81. The van der Waals surface area contributed by atoms with E-state index in [1.165, 1.54) is 13.2 Å². The smallest absolute Gasteiger partial charge is 0.328 e. The molecule has 22 heavy (non-hydrogen) atoms. The maximum Gasteiger partial charge on any atom is 0.328 e. The van der Waals surface area contributed by atoms with Gasteiger partial charge in [-0.05, 0) is 6.92 Å². The van der Waals surface area contributed by atoms with Gasteiger partial charge in [-0.2, -0.15) is 0 Å². The Morgan fingerprint density at radius 2 is 2.05 bits per heavy atom. The number of amides is 1. The zero-order valence-electron chi connectivity index (χ0n) is 12.2. The Morgan fingerprint density at radius 3 is 2.64 bits per heavy atom. The highest BCUT2D eigenvalue weighted by molar-refractivity contribution is 5.95. The number of methoxy groups -OCH3 is 1. The Balaban J connectivity index is 2.11. The van der Waals surface area contributed by atoms with Crippen LogP contribution in [-0.4, -0.2) is 41.9 Å². The average Bonchev–Trinajstić information content (AvgIpc) is 2.97. The average molecular weight is 304 g/mol. The molecule has 116 valence electrons. The molecule has 2 aromatic rings. The minimum atomic E-state index is -1.19. The Kier molecular flexibility index (Phi) is 4.90. The van der Waals surface area contributed by atoms with Gasteiger partial charge in [-0.1, -0.05) is 35.0 Å². The lowest BCUT2D eigenvalue weighted by atomic mass is 10.1. The molecule has 1 unspecified atom stereocenters. The van der Waals surface area contributed by atoms with Gasteiger partial charge >= 0.3 is 5.97 Å². The number of ether oxygens (including phenoxy) is 1. The predicted molar refractivity (Wildman–Crippen MR) is 77.4 cm³/mol. The Hall–Kier alpha value is -2.67. The van der Waals surface area contributed by atoms with E-state index in [0.717, 1.165) is 11.1 Å². The first-order chi connectivity index (χ1) is 10.5. The van der Waals surface area contributed by atoms with Gasteiger partial charge in [0.25, 0.3) is 5.91 Å². The number of benzene rings is 1. The highest BCUT2D eigenvalue weighted by atomic mass is 16.5. The van der Waals surface area contributed by atoms with E-state index in [2.05, 4.69) is 10.5 Å². The summed E-state index contributed by atoms with van der Waals surface area (Å²) in [6.45, 7) is 1.83. The fraction of sp³-hybridized carbons (Fsp3) is 0.267. The molecule has 0 aliphatic carbocycles. The molecule has 1 atom stereocenters. The molecule has 2 N–H and O–H groups in total. The molecule has 2 rings (SSSR count). The number of carboxylic acids is 1. The van der Waals surface area contributed by atoms with Crippen molar-refractivity contribution < 1.29 is 24.0 Å². The van der Waals surface area contributed by atoms with Gasteiger partial charge in [-0.3, -0.25) is 4.79 Å². The van der Waals surface area contributed by atoms with Crippen LogP contribution in [0.3, 0.4) is 0 Å². The molecule has 7 heteroatoms. The number of aryl methyl sites for hydroxylation is 1. The molecule has 1 heterocycles. The SMILES string of the molecule is COCC(NC(=O)c1cc(-c2ccc(C)cc2)no1)C(=O)O. The summed E-state index contributed by atoms with van der Waals surface area (Å²) in [4.78, 5) is 22.9. The van der Waals surface area contributed by atoms with Crippen LogP contribution in [0.15, 0.2) is 34.9 Å². The summed E-state index contributed by atoms with van der Waals surface area (Å²) in [5, 5.41) is 15.1. The number of carboxylic acid groups (broad SMARTS) is 1. The number of aliphatic carboxylic acids is 1. The van der Waals surface area contributed by atoms with Crippen LogP contribution in [0.2, 0.25) is 0 Å². The van der Waals surface area contributed by atoms with Crippen molar-refractivity contribution in [3.8, 4) is 11.3 Å². The summed E-state index contributed by atoms with van der Waals surface area (Å²) >= 11 is 0. The molecule has 0 aliphatic heterocycles. The van der Waals surface area contributed by atoms with E-state index in [1.807, 2.05) is 31.2 Å². The van der Waals surface area contributed by atoms with Crippen molar-refractivity contribution in [2.75, 3.05) is 13.7 Å². The number of carbonyl (C=O) groups is 2. The summed E-state index contributed by atoms with van der Waals surface area (Å²) in [5.74, 6) is -1.90. The summed E-state index contributed by atoms with van der Waals surface area (Å²) in [6, 6.07) is 7.88. The van der Waals surface area contributed by atoms with Crippen LogP contribution in [0, 0.1) is 6.92 Å². The number of rotatable bonds is 6. The van der Waals surface area contributed by atoms with E-state index < -0.39 is 17.9 Å². The maximum atomic E-state index is 12.0. The monoisotopic (exact) mass is 304 g/mol. The van der Waals surface area contributed by atoms with Gasteiger partial charge in [0.15, 0.2) is 6.04 Å². The van der Waals surface area contributed by atoms with Gasteiger partial charge in [0, 0.05) is 18.7 Å². The van der Waals surface area contributed by atoms with Crippen molar-refractivity contribution in [2.24, 2.45) is 0 Å². The highest BCUT2D eigenvalue weighted by Gasteiger charge is 2.23. The number of carbonyl (C=O) groups excluding carboxylic acids is 1. The van der Waals surface area contributed by atoms with Crippen molar-refractivity contribution in [3.05, 3.63) is 41.7 Å². The first-order valence-electron chi connectivity index (χ1n) is 6.57. The lowest BCUT2D eigenvalue weighted by Gasteiger charge is -2.11. The van der Waals surface area contributed by atoms with E-state index in [9.17, 15) is 9.59 Å². The molecule has 0 aliphatic rings. The molecular weight excluding hydrogens is 288 g/mol. The van der Waals surface area contributed by atoms with Crippen molar-refractivity contribution >= 4 is 11.9 Å². The quantitative estimate of drug-likeness (QED) is 0.838. The molecular formula is C15H16N2O5. The molecule has 0 bridgehead atoms. The molecule has 7 nitrogen and oxygen atoms in total. The Morgan fingerprint density at radius 1 is 1.36 bits per heavy atom. The largest absolute Gasteiger partial charge is 0.480 e. The normalized spacial score (nSPS) is 11.9. The minimum Gasteiger partial charge on any atom is -0.480 e. The molecule has 1 aromatic carbocycles. The van der Waals surface area contributed by atoms with Crippen molar-refractivity contribution in [3.63, 3.8) is 0 Å². The summed E-state index contributed by atoms with van der Waals surface area (Å²) < 4.78 is 9.72. The van der Waals surface area contributed by atoms with Crippen molar-refractivity contribution in [2.45, 2.75) is 13.0 Å². The van der Waals surface area contributed by atoms with Gasteiger partial charge in [0.2, 0.25) is 5.76 Å². The van der Waals surface area contributed by atoms with Crippen molar-refractivity contribution in [1.29, 1.82) is 0 Å². The van der Waals surface area contributed by atoms with Gasteiger partial charge in [-0.15, -0.1) is 0 Å². The van der Waals surface area contributed by atoms with Gasteiger partial charge < -0.3 is 19.7 Å². The third kappa shape index (κ3) is 3.70. The molecule has 1 amide bonds. The number of hydrogen-bond donors (Lipinski definition) is 2. The summed E-state index contributed by atoms with van der Waals surface area (Å²) in [6.07, 6.45) is 0. The van der Waals surface area contributed by atoms with Crippen LogP contribution < -0.4 is 5.32 Å². The number of nitrogens with one attached hydrogen (secondary N) is 1. The second kappa shape index (κ2) is 6.86. The first kappa shape index (κ1) is 15.7. The van der Waals surface area contributed by atoms with E-state index >= 15 is 0 Å². The zero-order valence-corrected chi connectivity index (χ0v) is 12.2. The molecule has 0 radical (unpaired) electrons. The van der Waals surface area contributed by atoms with Crippen LogP contribution in [-0.2, 0) is 9.53 Å². The van der Waals surface area contributed by atoms with E-state index in [-0.39, 0.29) is 12.4 Å². The lowest BCUT2D eigenvalue weighted by molar-refractivity contribution is -0.140. The molecule has 0 fully saturated rings. The topological polar surface area (TPSA) is 102 Å². The van der Waals surface area contributed by atoms with E-state index in [4.69, 9.17) is 14.4 Å². The predicted octanol–water partition coefficient (Wildman–Crippen LogP) is 1.48. The number of nitrogens with zero attached hydrogens (tertiary/aromatic N) is 1. The molecule has 0 saturated heterocycles. The van der Waals surface area contributed by atoms with Crippen LogP contribution in [0.25, 0.3) is 11.3 Å². The summed E-state index contributed by atoms with van der Waals surface area (Å²) in [5.41, 5.74) is 2.41. The second-order valence-corrected chi connectivity index (χ2v) is 4.76. The van der Waals surface area contributed by atoms with E-state index in [1.54, 1.807) is 0 Å². The zero-order chi connectivity index (χ0) is 16.1. The third-order valence-corrected chi connectivity index (χ3v) is 3.02. The van der Waals surface area contributed by atoms with E-state index in [0.29, 0.717) is 5.69 Å². The van der Waals surface area contributed by atoms with Gasteiger partial charge in [-0.25, -0.2) is 4.79 Å². The number of aromatic nitrogens is 1. The molecule has 1 aromatic heterocycles. The number of hydrogen-bond acceptors (Lipinski definition) is 5. The fourth-order valence-corrected chi connectivity index (χ4v) is 1.81. The molecule has 0 spiro atoms. The first-order valence-corrected chi connectivity index (χ1v) is 6.57.